The lowest BCUT2D eigenvalue weighted by Gasteiger charge is -2.07. The summed E-state index contributed by atoms with van der Waals surface area (Å²) in [6.07, 6.45) is 10.4. The Bertz CT molecular complexity index is 141. The smallest absolute Gasteiger partial charge is 0.115 e. The topological polar surface area (TPSA) is 32.8 Å². The number of epoxide rings is 1. The molecule has 14 heavy (non-hydrogen) atoms. The highest BCUT2D eigenvalue weighted by molar-refractivity contribution is 4.90. The molecular formula is C12H24O2. The maximum Gasteiger partial charge on any atom is 0.115 e. The molecule has 1 atom stereocenters. The molecular weight excluding hydrogens is 176 g/mol. The summed E-state index contributed by atoms with van der Waals surface area (Å²) >= 11 is 0. The first-order valence-corrected chi connectivity index (χ1v) is 6.08. The highest BCUT2D eigenvalue weighted by Gasteiger charge is 2.43. The Morgan fingerprint density at radius 1 is 1.07 bits per heavy atom. The average Bonchev–Trinajstić information content (AvgIpc) is 2.98. The van der Waals surface area contributed by atoms with Gasteiger partial charge < -0.3 is 9.84 Å². The normalized spacial score (nSPS) is 25.3. The summed E-state index contributed by atoms with van der Waals surface area (Å²) in [5, 5.41) is 9.00. The van der Waals surface area contributed by atoms with Gasteiger partial charge in [0.05, 0.1) is 13.2 Å². The van der Waals surface area contributed by atoms with Crippen LogP contribution in [-0.2, 0) is 4.74 Å². The van der Waals surface area contributed by atoms with Gasteiger partial charge in [0.1, 0.15) is 5.60 Å². The maximum atomic E-state index is 9.00. The van der Waals surface area contributed by atoms with E-state index in [4.69, 9.17) is 9.84 Å². The summed E-state index contributed by atoms with van der Waals surface area (Å²) in [5.74, 6) is 0. The molecule has 1 aliphatic heterocycles. The van der Waals surface area contributed by atoms with Crippen molar-refractivity contribution >= 4 is 0 Å². The minimum Gasteiger partial charge on any atom is -0.393 e. The fourth-order valence-corrected chi connectivity index (χ4v) is 1.82. The molecule has 0 aromatic rings. The second-order valence-corrected chi connectivity index (χ2v) is 4.50. The molecule has 1 rings (SSSR count). The van der Waals surface area contributed by atoms with Crippen LogP contribution in [0.1, 0.15) is 58.3 Å². The predicted octanol–water partition coefficient (Wildman–Crippen LogP) is 2.89. The zero-order chi connectivity index (χ0) is 10.3. The Morgan fingerprint density at radius 2 is 1.64 bits per heavy atom. The molecule has 2 nitrogen and oxygen atoms in total. The van der Waals surface area contributed by atoms with Crippen LogP contribution in [0, 0.1) is 0 Å². The van der Waals surface area contributed by atoms with Gasteiger partial charge in [0.2, 0.25) is 0 Å². The Kier molecular flexibility index (Phi) is 5.49. The van der Waals surface area contributed by atoms with E-state index in [0.29, 0.717) is 0 Å². The fraction of sp³-hybridized carbons (Fsp3) is 1.00. The van der Waals surface area contributed by atoms with Crippen molar-refractivity contribution < 1.29 is 9.84 Å². The van der Waals surface area contributed by atoms with Crippen LogP contribution in [0.3, 0.4) is 0 Å². The molecule has 1 saturated heterocycles. The van der Waals surface area contributed by atoms with Crippen LogP contribution in [0.2, 0.25) is 0 Å². The molecule has 1 unspecified atom stereocenters. The molecule has 0 bridgehead atoms. The highest BCUT2D eigenvalue weighted by atomic mass is 16.6. The molecule has 0 aliphatic carbocycles. The number of hydrogen-bond acceptors (Lipinski definition) is 2. The number of aliphatic hydroxyl groups excluding tert-OH is 1. The van der Waals surface area contributed by atoms with Crippen molar-refractivity contribution in [3.63, 3.8) is 0 Å². The number of hydrogen-bond donors (Lipinski definition) is 1. The molecule has 1 fully saturated rings. The monoisotopic (exact) mass is 200 g/mol. The van der Waals surface area contributed by atoms with Crippen molar-refractivity contribution in [3.05, 3.63) is 0 Å². The molecule has 0 saturated carbocycles. The van der Waals surface area contributed by atoms with E-state index in [2.05, 4.69) is 6.92 Å². The molecule has 0 radical (unpaired) electrons. The lowest BCUT2D eigenvalue weighted by Crippen LogP contribution is -2.15. The second-order valence-electron chi connectivity index (χ2n) is 4.50. The van der Waals surface area contributed by atoms with Crippen LogP contribution in [-0.4, -0.2) is 23.9 Å². The third kappa shape index (κ3) is 4.43. The van der Waals surface area contributed by atoms with E-state index in [0.717, 1.165) is 13.0 Å². The first kappa shape index (κ1) is 12.0. The highest BCUT2D eigenvalue weighted by Crippen LogP contribution is 2.32. The molecule has 0 spiro atoms. The van der Waals surface area contributed by atoms with E-state index < -0.39 is 0 Å². The second kappa shape index (κ2) is 6.41. The van der Waals surface area contributed by atoms with E-state index in [1.54, 1.807) is 0 Å². The molecule has 0 aromatic heterocycles. The summed E-state index contributed by atoms with van der Waals surface area (Å²) in [5.41, 5.74) is -0.108. The van der Waals surface area contributed by atoms with Gasteiger partial charge >= 0.3 is 0 Å². The average molecular weight is 200 g/mol. The SMILES string of the molecule is CCCCCCCCCC1(CO)CO1. The lowest BCUT2D eigenvalue weighted by atomic mass is 10.0. The van der Waals surface area contributed by atoms with Gasteiger partial charge in [-0.05, 0) is 6.42 Å². The van der Waals surface area contributed by atoms with E-state index >= 15 is 0 Å². The van der Waals surface area contributed by atoms with Crippen molar-refractivity contribution in [2.75, 3.05) is 13.2 Å². The molecule has 1 aliphatic rings. The summed E-state index contributed by atoms with van der Waals surface area (Å²) in [6, 6.07) is 0. The van der Waals surface area contributed by atoms with Crippen molar-refractivity contribution in [2.45, 2.75) is 63.9 Å². The van der Waals surface area contributed by atoms with E-state index in [-0.39, 0.29) is 12.2 Å². The largest absolute Gasteiger partial charge is 0.393 e. The minimum atomic E-state index is -0.108. The molecule has 2 heteroatoms. The minimum absolute atomic E-state index is 0.108. The van der Waals surface area contributed by atoms with Crippen LogP contribution in [0.5, 0.6) is 0 Å². The third-order valence-electron chi connectivity index (χ3n) is 3.08. The Balaban J connectivity index is 1.80. The summed E-state index contributed by atoms with van der Waals surface area (Å²) in [6.45, 7) is 3.23. The fourth-order valence-electron chi connectivity index (χ4n) is 1.82. The van der Waals surface area contributed by atoms with Crippen molar-refractivity contribution in [2.24, 2.45) is 0 Å². The van der Waals surface area contributed by atoms with Gasteiger partial charge in [-0.15, -0.1) is 0 Å². The molecule has 1 heterocycles. The van der Waals surface area contributed by atoms with E-state index in [9.17, 15) is 0 Å². The van der Waals surface area contributed by atoms with Crippen LogP contribution in [0.15, 0.2) is 0 Å². The molecule has 84 valence electrons. The zero-order valence-corrected chi connectivity index (χ0v) is 9.43. The number of aliphatic hydroxyl groups is 1. The lowest BCUT2D eigenvalue weighted by molar-refractivity contribution is 0.161. The van der Waals surface area contributed by atoms with Gasteiger partial charge in [0, 0.05) is 0 Å². The van der Waals surface area contributed by atoms with Gasteiger partial charge in [-0.25, -0.2) is 0 Å². The third-order valence-corrected chi connectivity index (χ3v) is 3.08. The van der Waals surface area contributed by atoms with Gasteiger partial charge in [-0.1, -0.05) is 51.9 Å². The standard InChI is InChI=1S/C12H24O2/c1-2-3-4-5-6-7-8-9-12(10-13)11-14-12/h13H,2-11H2,1H3. The van der Waals surface area contributed by atoms with Gasteiger partial charge in [-0.2, -0.15) is 0 Å². The van der Waals surface area contributed by atoms with Crippen LogP contribution < -0.4 is 0 Å². The number of ether oxygens (including phenoxy) is 1. The van der Waals surface area contributed by atoms with Crippen molar-refractivity contribution in [3.8, 4) is 0 Å². The zero-order valence-electron chi connectivity index (χ0n) is 9.43. The molecule has 0 amide bonds. The summed E-state index contributed by atoms with van der Waals surface area (Å²) < 4.78 is 5.24. The first-order valence-electron chi connectivity index (χ1n) is 6.08. The van der Waals surface area contributed by atoms with E-state index in [1.165, 1.54) is 44.9 Å². The van der Waals surface area contributed by atoms with Crippen molar-refractivity contribution in [1.82, 2.24) is 0 Å². The van der Waals surface area contributed by atoms with Crippen LogP contribution >= 0.6 is 0 Å². The van der Waals surface area contributed by atoms with Crippen LogP contribution in [0.25, 0.3) is 0 Å². The maximum absolute atomic E-state index is 9.00. The molecule has 1 N–H and O–H groups in total. The quantitative estimate of drug-likeness (QED) is 0.458. The van der Waals surface area contributed by atoms with Gasteiger partial charge in [0.25, 0.3) is 0 Å². The Labute approximate surface area is 87.7 Å². The number of rotatable bonds is 9. The number of unbranched alkanes of at least 4 members (excludes halogenated alkanes) is 6. The van der Waals surface area contributed by atoms with Crippen molar-refractivity contribution in [1.29, 1.82) is 0 Å². The summed E-state index contributed by atoms with van der Waals surface area (Å²) in [7, 11) is 0. The van der Waals surface area contributed by atoms with Gasteiger partial charge in [0.15, 0.2) is 0 Å². The summed E-state index contributed by atoms with van der Waals surface area (Å²) in [4.78, 5) is 0. The molecule has 0 aromatic carbocycles. The Hall–Kier alpha value is -0.0800. The van der Waals surface area contributed by atoms with Gasteiger partial charge in [-0.3, -0.25) is 0 Å². The Morgan fingerprint density at radius 3 is 2.14 bits per heavy atom. The van der Waals surface area contributed by atoms with E-state index in [1.807, 2.05) is 0 Å². The first-order chi connectivity index (χ1) is 6.83. The van der Waals surface area contributed by atoms with Crippen LogP contribution in [0.4, 0.5) is 0 Å². The predicted molar refractivity (Wildman–Crippen MR) is 58.4 cm³/mol.